The van der Waals surface area contributed by atoms with Gasteiger partial charge in [-0.1, -0.05) is 6.08 Å². The number of carbonyl (C=O) groups is 1. The average Bonchev–Trinajstić information content (AvgIpc) is 2.18. The summed E-state index contributed by atoms with van der Waals surface area (Å²) in [5, 5.41) is 8.40. The third-order valence-corrected chi connectivity index (χ3v) is 2.49. The summed E-state index contributed by atoms with van der Waals surface area (Å²) in [7, 11) is 1.74. The van der Waals surface area contributed by atoms with Gasteiger partial charge in [-0.15, -0.1) is 0 Å². The van der Waals surface area contributed by atoms with Gasteiger partial charge in [0.25, 0.3) is 0 Å². The average molecular weight is 199 g/mol. The van der Waals surface area contributed by atoms with E-state index in [1.54, 1.807) is 13.2 Å². The number of nitrogens with zero attached hydrogens (tertiary/aromatic N) is 1. The van der Waals surface area contributed by atoms with Crippen LogP contribution in [0.1, 0.15) is 12.8 Å². The van der Waals surface area contributed by atoms with E-state index in [0.29, 0.717) is 6.10 Å². The Bertz CT molecular complexity index is 207. The van der Waals surface area contributed by atoms with Gasteiger partial charge in [-0.2, -0.15) is 0 Å². The molecule has 1 rings (SSSR count). The number of carboxylic acid groups (broad SMARTS) is 1. The van der Waals surface area contributed by atoms with Crippen molar-refractivity contribution < 1.29 is 14.6 Å². The van der Waals surface area contributed by atoms with E-state index >= 15 is 0 Å². The lowest BCUT2D eigenvalue weighted by Crippen LogP contribution is -2.36. The fourth-order valence-corrected chi connectivity index (χ4v) is 1.63. The molecule has 14 heavy (non-hydrogen) atoms. The van der Waals surface area contributed by atoms with Crippen molar-refractivity contribution >= 4 is 5.97 Å². The van der Waals surface area contributed by atoms with Crippen LogP contribution in [-0.4, -0.2) is 48.8 Å². The van der Waals surface area contributed by atoms with Crippen molar-refractivity contribution in [1.82, 2.24) is 4.90 Å². The van der Waals surface area contributed by atoms with Gasteiger partial charge in [0.1, 0.15) is 0 Å². The van der Waals surface area contributed by atoms with E-state index in [1.165, 1.54) is 6.08 Å². The van der Waals surface area contributed by atoms with E-state index in [1.807, 2.05) is 0 Å². The number of likely N-dealkylation sites (tertiary alicyclic amines) is 1. The third-order valence-electron chi connectivity index (χ3n) is 2.49. The van der Waals surface area contributed by atoms with Crippen LogP contribution in [0.2, 0.25) is 0 Å². The van der Waals surface area contributed by atoms with E-state index in [0.717, 1.165) is 32.5 Å². The fraction of sp³-hybridized carbons (Fsp3) is 0.700. The zero-order valence-corrected chi connectivity index (χ0v) is 8.48. The number of piperidine rings is 1. The van der Waals surface area contributed by atoms with Gasteiger partial charge < -0.3 is 9.84 Å². The normalized spacial score (nSPS) is 20.4. The second-order valence-corrected chi connectivity index (χ2v) is 3.48. The van der Waals surface area contributed by atoms with Crippen molar-refractivity contribution in [1.29, 1.82) is 0 Å². The molecule has 1 fully saturated rings. The molecule has 0 atom stereocenters. The number of ether oxygens (including phenoxy) is 1. The lowest BCUT2D eigenvalue weighted by atomic mass is 10.1. The molecule has 0 aromatic rings. The Morgan fingerprint density at radius 1 is 1.57 bits per heavy atom. The van der Waals surface area contributed by atoms with Gasteiger partial charge in [0.05, 0.1) is 6.10 Å². The SMILES string of the molecule is COC1CCN(C/C=C/C(=O)O)CC1. The topological polar surface area (TPSA) is 49.8 Å². The Balaban J connectivity index is 2.19. The molecule has 0 amide bonds. The molecule has 0 aromatic heterocycles. The number of carboxylic acids is 1. The quantitative estimate of drug-likeness (QED) is 0.678. The number of rotatable bonds is 4. The maximum absolute atomic E-state index is 10.2. The highest BCUT2D eigenvalue weighted by Gasteiger charge is 2.17. The predicted octanol–water partition coefficient (Wildman–Crippen LogP) is 0.738. The van der Waals surface area contributed by atoms with Crippen LogP contribution in [-0.2, 0) is 9.53 Å². The Kier molecular flexibility index (Phi) is 4.62. The van der Waals surface area contributed by atoms with Gasteiger partial charge >= 0.3 is 5.97 Å². The van der Waals surface area contributed by atoms with Gasteiger partial charge in [0, 0.05) is 32.8 Å². The molecule has 0 unspecified atom stereocenters. The standard InChI is InChI=1S/C10H17NO3/c1-14-9-4-7-11(8-5-9)6-2-3-10(12)13/h2-3,9H,4-8H2,1H3,(H,12,13)/b3-2+. The van der Waals surface area contributed by atoms with Crippen molar-refractivity contribution in [2.75, 3.05) is 26.7 Å². The first-order valence-electron chi connectivity index (χ1n) is 4.87. The highest BCUT2D eigenvalue weighted by atomic mass is 16.5. The molecule has 1 aliphatic rings. The summed E-state index contributed by atoms with van der Waals surface area (Å²) in [6, 6.07) is 0. The molecule has 0 radical (unpaired) electrons. The molecule has 0 spiro atoms. The predicted molar refractivity (Wildman–Crippen MR) is 53.2 cm³/mol. The number of aliphatic carboxylic acids is 1. The Labute approximate surface area is 84.2 Å². The molecule has 1 aliphatic heterocycles. The molecule has 4 nitrogen and oxygen atoms in total. The van der Waals surface area contributed by atoms with E-state index in [4.69, 9.17) is 9.84 Å². The van der Waals surface area contributed by atoms with Gasteiger partial charge in [0.15, 0.2) is 0 Å². The monoisotopic (exact) mass is 199 g/mol. The summed E-state index contributed by atoms with van der Waals surface area (Å²) >= 11 is 0. The van der Waals surface area contributed by atoms with Gasteiger partial charge in [-0.3, -0.25) is 4.90 Å². The molecular weight excluding hydrogens is 182 g/mol. The Morgan fingerprint density at radius 2 is 2.21 bits per heavy atom. The number of methoxy groups -OCH3 is 1. The van der Waals surface area contributed by atoms with E-state index in [2.05, 4.69) is 4.90 Å². The largest absolute Gasteiger partial charge is 0.478 e. The summed E-state index contributed by atoms with van der Waals surface area (Å²) < 4.78 is 5.24. The van der Waals surface area contributed by atoms with E-state index < -0.39 is 5.97 Å². The van der Waals surface area contributed by atoms with Crippen LogP contribution in [0.4, 0.5) is 0 Å². The minimum atomic E-state index is -0.878. The Hall–Kier alpha value is -0.870. The van der Waals surface area contributed by atoms with Crippen molar-refractivity contribution in [3.8, 4) is 0 Å². The first kappa shape index (κ1) is 11.2. The summed E-state index contributed by atoms with van der Waals surface area (Å²) in [5.74, 6) is -0.878. The lowest BCUT2D eigenvalue weighted by Gasteiger charge is -2.30. The zero-order valence-electron chi connectivity index (χ0n) is 8.48. The molecule has 0 bridgehead atoms. The van der Waals surface area contributed by atoms with Crippen LogP contribution in [0.3, 0.4) is 0 Å². The van der Waals surface area contributed by atoms with Crippen LogP contribution in [0, 0.1) is 0 Å². The van der Waals surface area contributed by atoms with Gasteiger partial charge in [-0.25, -0.2) is 4.79 Å². The molecule has 0 aromatic carbocycles. The van der Waals surface area contributed by atoms with Crippen molar-refractivity contribution in [3.63, 3.8) is 0 Å². The molecule has 80 valence electrons. The minimum absolute atomic E-state index is 0.384. The third kappa shape index (κ3) is 3.89. The van der Waals surface area contributed by atoms with E-state index in [9.17, 15) is 4.79 Å². The molecule has 1 N–H and O–H groups in total. The summed E-state index contributed by atoms with van der Waals surface area (Å²) in [5.41, 5.74) is 0. The second-order valence-electron chi connectivity index (χ2n) is 3.48. The van der Waals surface area contributed by atoms with Gasteiger partial charge in [-0.05, 0) is 12.8 Å². The molecule has 1 heterocycles. The van der Waals surface area contributed by atoms with Crippen LogP contribution < -0.4 is 0 Å². The number of hydrogen-bond acceptors (Lipinski definition) is 3. The summed E-state index contributed by atoms with van der Waals surface area (Å²) in [6.45, 7) is 2.70. The summed E-state index contributed by atoms with van der Waals surface area (Å²) in [6.07, 6.45) is 5.35. The zero-order chi connectivity index (χ0) is 10.4. The molecule has 0 saturated carbocycles. The molecular formula is C10H17NO3. The molecule has 1 saturated heterocycles. The van der Waals surface area contributed by atoms with Crippen LogP contribution >= 0.6 is 0 Å². The van der Waals surface area contributed by atoms with Crippen LogP contribution in [0.15, 0.2) is 12.2 Å². The van der Waals surface area contributed by atoms with Crippen molar-refractivity contribution in [3.05, 3.63) is 12.2 Å². The molecule has 4 heteroatoms. The van der Waals surface area contributed by atoms with Crippen molar-refractivity contribution in [2.45, 2.75) is 18.9 Å². The highest BCUT2D eigenvalue weighted by Crippen LogP contribution is 2.12. The maximum atomic E-state index is 10.2. The Morgan fingerprint density at radius 3 is 2.71 bits per heavy atom. The minimum Gasteiger partial charge on any atom is -0.478 e. The molecule has 0 aliphatic carbocycles. The van der Waals surface area contributed by atoms with Gasteiger partial charge in [0.2, 0.25) is 0 Å². The first-order chi connectivity index (χ1) is 6.72. The van der Waals surface area contributed by atoms with Crippen LogP contribution in [0.25, 0.3) is 0 Å². The lowest BCUT2D eigenvalue weighted by molar-refractivity contribution is -0.131. The second kappa shape index (κ2) is 5.78. The van der Waals surface area contributed by atoms with Crippen LogP contribution in [0.5, 0.6) is 0 Å². The van der Waals surface area contributed by atoms with Crippen molar-refractivity contribution in [2.24, 2.45) is 0 Å². The highest BCUT2D eigenvalue weighted by molar-refractivity contribution is 5.79. The fourth-order valence-electron chi connectivity index (χ4n) is 1.63. The first-order valence-corrected chi connectivity index (χ1v) is 4.87. The maximum Gasteiger partial charge on any atom is 0.328 e. The number of hydrogen-bond donors (Lipinski definition) is 1. The van der Waals surface area contributed by atoms with E-state index in [-0.39, 0.29) is 0 Å². The smallest absolute Gasteiger partial charge is 0.328 e. The summed E-state index contributed by atoms with van der Waals surface area (Å²) in [4.78, 5) is 12.4.